The van der Waals surface area contributed by atoms with Crippen LogP contribution in [0.1, 0.15) is 19.4 Å². The van der Waals surface area contributed by atoms with Crippen LogP contribution >= 0.6 is 0 Å². The number of ether oxygens (including phenoxy) is 1. The lowest BCUT2D eigenvalue weighted by Crippen LogP contribution is -2.54. The Morgan fingerprint density at radius 2 is 2.24 bits per heavy atom. The molecule has 0 spiro atoms. The van der Waals surface area contributed by atoms with Gasteiger partial charge in [-0.25, -0.2) is 0 Å². The van der Waals surface area contributed by atoms with Crippen LogP contribution in [-0.4, -0.2) is 37.0 Å². The van der Waals surface area contributed by atoms with Gasteiger partial charge >= 0.3 is 0 Å². The van der Waals surface area contributed by atoms with Gasteiger partial charge in [0.25, 0.3) is 5.91 Å². The molecule has 6 nitrogen and oxygen atoms in total. The maximum atomic E-state index is 12.4. The quantitative estimate of drug-likeness (QED) is 0.849. The number of aryl methyl sites for hydroxylation is 1. The van der Waals surface area contributed by atoms with Gasteiger partial charge in [0.2, 0.25) is 5.91 Å². The van der Waals surface area contributed by atoms with E-state index in [9.17, 15) is 9.59 Å². The number of nitrogens with two attached hydrogens (primary N) is 1. The van der Waals surface area contributed by atoms with Gasteiger partial charge < -0.3 is 15.8 Å². The fourth-order valence-corrected chi connectivity index (χ4v) is 2.33. The van der Waals surface area contributed by atoms with Crippen LogP contribution in [0, 0.1) is 6.92 Å². The number of rotatable bonds is 4. The Morgan fingerprint density at radius 1 is 1.52 bits per heavy atom. The largest absolute Gasteiger partial charge is 0.479 e. The Kier molecular flexibility index (Phi) is 4.47. The SMILES string of the molecule is Cc1ccc2c(c1)N(C(C)C(=O)NCCN)C(=O)C(C)O2. The van der Waals surface area contributed by atoms with Crippen molar-refractivity contribution in [1.29, 1.82) is 0 Å². The molecular weight excluding hydrogens is 270 g/mol. The summed E-state index contributed by atoms with van der Waals surface area (Å²) >= 11 is 0. The van der Waals surface area contributed by atoms with Crippen molar-refractivity contribution in [2.75, 3.05) is 18.0 Å². The van der Waals surface area contributed by atoms with Crippen molar-refractivity contribution in [1.82, 2.24) is 5.32 Å². The van der Waals surface area contributed by atoms with E-state index in [1.54, 1.807) is 13.8 Å². The second-order valence-electron chi connectivity index (χ2n) is 5.20. The highest BCUT2D eigenvalue weighted by molar-refractivity contribution is 6.05. The van der Waals surface area contributed by atoms with Crippen LogP contribution in [0.15, 0.2) is 18.2 Å². The predicted octanol–water partition coefficient (Wildman–Crippen LogP) is 0.572. The zero-order valence-corrected chi connectivity index (χ0v) is 12.6. The lowest BCUT2D eigenvalue weighted by molar-refractivity contribution is -0.130. The van der Waals surface area contributed by atoms with Gasteiger partial charge in [0.1, 0.15) is 11.8 Å². The van der Waals surface area contributed by atoms with Crippen LogP contribution in [0.25, 0.3) is 0 Å². The van der Waals surface area contributed by atoms with E-state index in [0.717, 1.165) is 5.56 Å². The normalized spacial score (nSPS) is 18.8. The van der Waals surface area contributed by atoms with E-state index in [0.29, 0.717) is 24.5 Å². The van der Waals surface area contributed by atoms with Gasteiger partial charge in [-0.2, -0.15) is 0 Å². The first kappa shape index (κ1) is 15.3. The summed E-state index contributed by atoms with van der Waals surface area (Å²) in [6.07, 6.45) is -0.607. The van der Waals surface area contributed by atoms with E-state index < -0.39 is 12.1 Å². The number of nitrogens with one attached hydrogen (secondary N) is 1. The van der Waals surface area contributed by atoms with Crippen LogP contribution in [0.2, 0.25) is 0 Å². The molecule has 21 heavy (non-hydrogen) atoms. The van der Waals surface area contributed by atoms with Gasteiger partial charge in [-0.05, 0) is 38.5 Å². The van der Waals surface area contributed by atoms with Gasteiger partial charge in [-0.1, -0.05) is 6.07 Å². The summed E-state index contributed by atoms with van der Waals surface area (Å²) in [6.45, 7) is 6.07. The number of carbonyl (C=O) groups excluding carboxylic acids is 2. The minimum atomic E-state index is -0.615. The molecule has 0 saturated carbocycles. The molecule has 2 rings (SSSR count). The Hall–Kier alpha value is -2.08. The molecule has 1 heterocycles. The number of nitrogens with zero attached hydrogens (tertiary/aromatic N) is 1. The highest BCUT2D eigenvalue weighted by Gasteiger charge is 2.37. The van der Waals surface area contributed by atoms with E-state index in [4.69, 9.17) is 10.5 Å². The molecule has 2 amide bonds. The van der Waals surface area contributed by atoms with Crippen LogP contribution in [0.4, 0.5) is 5.69 Å². The molecule has 0 aliphatic carbocycles. The van der Waals surface area contributed by atoms with Crippen LogP contribution < -0.4 is 20.7 Å². The number of hydrogen-bond acceptors (Lipinski definition) is 4. The van der Waals surface area contributed by atoms with Crippen LogP contribution in [0.5, 0.6) is 5.75 Å². The Morgan fingerprint density at radius 3 is 2.90 bits per heavy atom. The summed E-state index contributed by atoms with van der Waals surface area (Å²) in [4.78, 5) is 26.1. The topological polar surface area (TPSA) is 84.7 Å². The van der Waals surface area contributed by atoms with Crippen molar-refractivity contribution in [3.8, 4) is 5.75 Å². The summed E-state index contributed by atoms with van der Waals surface area (Å²) in [5, 5.41) is 2.71. The first-order valence-corrected chi connectivity index (χ1v) is 7.04. The van der Waals surface area contributed by atoms with Gasteiger partial charge in [0, 0.05) is 13.1 Å². The van der Waals surface area contributed by atoms with E-state index >= 15 is 0 Å². The summed E-state index contributed by atoms with van der Waals surface area (Å²) in [7, 11) is 0. The second kappa shape index (κ2) is 6.13. The lowest BCUT2D eigenvalue weighted by Gasteiger charge is -2.36. The van der Waals surface area contributed by atoms with Gasteiger partial charge in [0.15, 0.2) is 6.10 Å². The van der Waals surface area contributed by atoms with Crippen LogP contribution in [-0.2, 0) is 9.59 Å². The van der Waals surface area contributed by atoms with E-state index in [2.05, 4.69) is 5.32 Å². The van der Waals surface area contributed by atoms with Gasteiger partial charge in [-0.3, -0.25) is 14.5 Å². The van der Waals surface area contributed by atoms with Crippen molar-refractivity contribution in [2.45, 2.75) is 32.9 Å². The zero-order chi connectivity index (χ0) is 15.6. The molecule has 0 aromatic heterocycles. The van der Waals surface area contributed by atoms with Crippen molar-refractivity contribution in [3.05, 3.63) is 23.8 Å². The van der Waals surface area contributed by atoms with Crippen molar-refractivity contribution in [3.63, 3.8) is 0 Å². The molecule has 1 aliphatic rings. The van der Waals surface area contributed by atoms with E-state index in [-0.39, 0.29) is 11.8 Å². The average molecular weight is 291 g/mol. The van der Waals surface area contributed by atoms with Crippen LogP contribution in [0.3, 0.4) is 0 Å². The smallest absolute Gasteiger partial charge is 0.268 e. The molecule has 0 saturated heterocycles. The van der Waals surface area contributed by atoms with Gasteiger partial charge in [-0.15, -0.1) is 0 Å². The molecule has 1 aromatic carbocycles. The highest BCUT2D eigenvalue weighted by atomic mass is 16.5. The Balaban J connectivity index is 2.35. The summed E-state index contributed by atoms with van der Waals surface area (Å²) in [6, 6.07) is 4.98. The predicted molar refractivity (Wildman–Crippen MR) is 80.3 cm³/mol. The molecular formula is C15H21N3O3. The molecule has 2 atom stereocenters. The number of hydrogen-bond donors (Lipinski definition) is 2. The fourth-order valence-electron chi connectivity index (χ4n) is 2.33. The van der Waals surface area contributed by atoms with E-state index in [1.165, 1.54) is 4.90 Å². The lowest BCUT2D eigenvalue weighted by atomic mass is 10.1. The number of anilines is 1. The number of fused-ring (bicyclic) bond motifs is 1. The Labute approximate surface area is 124 Å². The highest BCUT2D eigenvalue weighted by Crippen LogP contribution is 2.36. The minimum Gasteiger partial charge on any atom is -0.479 e. The third-order valence-electron chi connectivity index (χ3n) is 3.47. The molecule has 1 aromatic rings. The number of carbonyl (C=O) groups is 2. The third kappa shape index (κ3) is 3.00. The maximum absolute atomic E-state index is 12.4. The molecule has 6 heteroatoms. The molecule has 1 aliphatic heterocycles. The van der Waals surface area contributed by atoms with Crippen molar-refractivity contribution < 1.29 is 14.3 Å². The van der Waals surface area contributed by atoms with Crippen molar-refractivity contribution in [2.24, 2.45) is 5.73 Å². The van der Waals surface area contributed by atoms with E-state index in [1.807, 2.05) is 25.1 Å². The average Bonchev–Trinajstić information content (AvgIpc) is 2.46. The number of amides is 2. The standard InChI is InChI=1S/C15H21N3O3/c1-9-4-5-13-12(8-9)18(15(20)11(3)21-13)10(2)14(19)17-7-6-16/h4-5,8,10-11H,6-7,16H2,1-3H3,(H,17,19). The summed E-state index contributed by atoms with van der Waals surface area (Å²) < 4.78 is 5.60. The molecule has 0 bridgehead atoms. The summed E-state index contributed by atoms with van der Waals surface area (Å²) in [5.41, 5.74) is 7.02. The molecule has 2 unspecified atom stereocenters. The minimum absolute atomic E-state index is 0.219. The first-order valence-electron chi connectivity index (χ1n) is 7.04. The molecule has 0 radical (unpaired) electrons. The van der Waals surface area contributed by atoms with Gasteiger partial charge in [0.05, 0.1) is 5.69 Å². The Bertz CT molecular complexity index is 559. The second-order valence-corrected chi connectivity index (χ2v) is 5.20. The number of benzene rings is 1. The van der Waals surface area contributed by atoms with Crippen molar-refractivity contribution >= 4 is 17.5 Å². The monoisotopic (exact) mass is 291 g/mol. The molecule has 0 fully saturated rings. The maximum Gasteiger partial charge on any atom is 0.268 e. The molecule has 3 N–H and O–H groups in total. The molecule has 114 valence electrons. The first-order chi connectivity index (χ1) is 9.95. The zero-order valence-electron chi connectivity index (χ0n) is 12.6. The fraction of sp³-hybridized carbons (Fsp3) is 0.467. The third-order valence-corrected chi connectivity index (χ3v) is 3.47. The summed E-state index contributed by atoms with van der Waals surface area (Å²) in [5.74, 6) is 0.171.